The number of Topliss-reactive ketones (excluding diaryl/α,β-unsaturated/α-hetero) is 1. The Bertz CT molecular complexity index is 712. The van der Waals surface area contributed by atoms with E-state index in [9.17, 15) is 4.79 Å². The highest BCUT2D eigenvalue weighted by Gasteiger charge is 2.19. The molecule has 0 unspecified atom stereocenters. The van der Waals surface area contributed by atoms with Crippen molar-refractivity contribution in [3.63, 3.8) is 0 Å². The number of anilines is 1. The molecule has 24 heavy (non-hydrogen) atoms. The van der Waals surface area contributed by atoms with Gasteiger partial charge in [-0.05, 0) is 29.7 Å². The number of benzene rings is 3. The maximum atomic E-state index is 12.9. The minimum Gasteiger partial charge on any atom is -0.375 e. The summed E-state index contributed by atoms with van der Waals surface area (Å²) in [7, 11) is 0. The summed E-state index contributed by atoms with van der Waals surface area (Å²) in [6.07, 6.45) is 1.12. The fourth-order valence-electron chi connectivity index (χ4n) is 2.75. The van der Waals surface area contributed by atoms with Gasteiger partial charge in [0.25, 0.3) is 0 Å². The Hall–Kier alpha value is -2.87. The second kappa shape index (κ2) is 8.11. The van der Waals surface area contributed by atoms with E-state index in [0.29, 0.717) is 12.8 Å². The second-order valence-corrected chi connectivity index (χ2v) is 5.88. The first-order valence-corrected chi connectivity index (χ1v) is 8.23. The quantitative estimate of drug-likeness (QED) is 0.694. The van der Waals surface area contributed by atoms with E-state index in [4.69, 9.17) is 0 Å². The number of para-hydroxylation sites is 1. The van der Waals surface area contributed by atoms with Gasteiger partial charge >= 0.3 is 0 Å². The summed E-state index contributed by atoms with van der Waals surface area (Å²) in [6, 6.07) is 29.7. The number of rotatable bonds is 7. The summed E-state index contributed by atoms with van der Waals surface area (Å²) < 4.78 is 0. The fourth-order valence-corrected chi connectivity index (χ4v) is 2.75. The van der Waals surface area contributed by atoms with Gasteiger partial charge in [0, 0.05) is 12.1 Å². The van der Waals surface area contributed by atoms with Crippen molar-refractivity contribution in [3.05, 3.63) is 102 Å². The maximum Gasteiger partial charge on any atom is 0.159 e. The minimum atomic E-state index is -0.241. The van der Waals surface area contributed by atoms with Gasteiger partial charge in [-0.2, -0.15) is 0 Å². The van der Waals surface area contributed by atoms with Gasteiger partial charge in [-0.3, -0.25) is 4.79 Å². The van der Waals surface area contributed by atoms with Gasteiger partial charge in [-0.15, -0.1) is 0 Å². The average molecular weight is 315 g/mol. The molecule has 2 nitrogen and oxygen atoms in total. The Morgan fingerprint density at radius 2 is 1.21 bits per heavy atom. The Morgan fingerprint density at radius 1 is 0.708 bits per heavy atom. The van der Waals surface area contributed by atoms with Crippen LogP contribution in [0, 0.1) is 0 Å². The molecular formula is C22H21NO. The third-order valence-electron chi connectivity index (χ3n) is 4.01. The molecule has 0 saturated heterocycles. The van der Waals surface area contributed by atoms with E-state index < -0.39 is 0 Å². The summed E-state index contributed by atoms with van der Waals surface area (Å²) in [6.45, 7) is 0. The lowest BCUT2D eigenvalue weighted by atomic mass is 9.97. The molecule has 1 N–H and O–H groups in total. The van der Waals surface area contributed by atoms with E-state index in [2.05, 4.69) is 17.4 Å². The molecule has 0 spiro atoms. The third-order valence-corrected chi connectivity index (χ3v) is 4.01. The van der Waals surface area contributed by atoms with Crippen LogP contribution < -0.4 is 5.32 Å². The predicted molar refractivity (Wildman–Crippen MR) is 99.2 cm³/mol. The van der Waals surface area contributed by atoms with Crippen LogP contribution in [0.4, 0.5) is 5.69 Å². The zero-order valence-corrected chi connectivity index (χ0v) is 13.6. The van der Waals surface area contributed by atoms with Crippen LogP contribution in [0.5, 0.6) is 0 Å². The highest BCUT2D eigenvalue weighted by Crippen LogP contribution is 2.14. The van der Waals surface area contributed by atoms with Crippen LogP contribution >= 0.6 is 0 Å². The van der Waals surface area contributed by atoms with Gasteiger partial charge in [-0.25, -0.2) is 0 Å². The molecule has 0 aliphatic rings. The van der Waals surface area contributed by atoms with Crippen molar-refractivity contribution < 1.29 is 4.79 Å². The number of ketones is 1. The van der Waals surface area contributed by atoms with Gasteiger partial charge in [0.2, 0.25) is 0 Å². The lowest BCUT2D eigenvalue weighted by Crippen LogP contribution is -2.33. The Labute approximate surface area is 143 Å². The van der Waals surface area contributed by atoms with Crippen LogP contribution in [-0.4, -0.2) is 11.8 Å². The molecule has 3 rings (SSSR count). The molecule has 3 aromatic carbocycles. The predicted octanol–water partition coefficient (Wildman–Crippen LogP) is 4.52. The van der Waals surface area contributed by atoms with E-state index in [1.807, 2.05) is 78.9 Å². The van der Waals surface area contributed by atoms with Crippen molar-refractivity contribution in [2.45, 2.75) is 18.9 Å². The molecule has 1 atom stereocenters. The Morgan fingerprint density at radius 3 is 1.79 bits per heavy atom. The lowest BCUT2D eigenvalue weighted by Gasteiger charge is -2.19. The van der Waals surface area contributed by atoms with Gasteiger partial charge in [0.1, 0.15) is 0 Å². The van der Waals surface area contributed by atoms with E-state index in [1.165, 1.54) is 0 Å². The van der Waals surface area contributed by atoms with Crippen LogP contribution in [0.1, 0.15) is 11.1 Å². The normalized spacial score (nSPS) is 11.7. The van der Waals surface area contributed by atoms with Crippen molar-refractivity contribution >= 4 is 11.5 Å². The van der Waals surface area contributed by atoms with Crippen molar-refractivity contribution in [3.8, 4) is 0 Å². The van der Waals surface area contributed by atoms with E-state index in [0.717, 1.165) is 16.8 Å². The van der Waals surface area contributed by atoms with Crippen molar-refractivity contribution in [1.29, 1.82) is 0 Å². The van der Waals surface area contributed by atoms with Crippen LogP contribution in [0.2, 0.25) is 0 Å². The molecule has 0 saturated carbocycles. The van der Waals surface area contributed by atoms with Gasteiger partial charge in [-0.1, -0.05) is 78.9 Å². The summed E-state index contributed by atoms with van der Waals surface area (Å²) in [5.74, 6) is 0.203. The molecule has 2 heteroatoms. The molecule has 0 bridgehead atoms. The Balaban J connectivity index is 1.76. The fraction of sp³-hybridized carbons (Fsp3) is 0.136. The largest absolute Gasteiger partial charge is 0.375 e. The average Bonchev–Trinajstić information content (AvgIpc) is 2.64. The molecule has 0 aromatic heterocycles. The summed E-state index contributed by atoms with van der Waals surface area (Å²) >= 11 is 0. The van der Waals surface area contributed by atoms with Crippen LogP contribution in [0.15, 0.2) is 91.0 Å². The number of hydrogen-bond acceptors (Lipinski definition) is 2. The second-order valence-electron chi connectivity index (χ2n) is 5.88. The SMILES string of the molecule is O=C(Cc1ccccc1)[C@H](Cc1ccccc1)Nc1ccccc1. The molecule has 3 aromatic rings. The van der Waals surface area contributed by atoms with E-state index >= 15 is 0 Å². The molecule has 0 amide bonds. The van der Waals surface area contributed by atoms with Crippen molar-refractivity contribution in [2.75, 3.05) is 5.32 Å². The van der Waals surface area contributed by atoms with Crippen molar-refractivity contribution in [2.24, 2.45) is 0 Å². The molecule has 0 aliphatic heterocycles. The number of carbonyl (C=O) groups excluding carboxylic acids is 1. The Kier molecular flexibility index (Phi) is 5.41. The number of nitrogens with one attached hydrogen (secondary N) is 1. The summed E-state index contributed by atoms with van der Waals surface area (Å²) in [5.41, 5.74) is 3.18. The highest BCUT2D eigenvalue weighted by atomic mass is 16.1. The van der Waals surface area contributed by atoms with Gasteiger partial charge in [0.05, 0.1) is 6.04 Å². The monoisotopic (exact) mass is 315 g/mol. The van der Waals surface area contributed by atoms with Gasteiger partial charge in [0.15, 0.2) is 5.78 Å². The smallest absolute Gasteiger partial charge is 0.159 e. The zero-order chi connectivity index (χ0) is 16.6. The first-order valence-electron chi connectivity index (χ1n) is 8.23. The van der Waals surface area contributed by atoms with E-state index in [1.54, 1.807) is 0 Å². The van der Waals surface area contributed by atoms with Crippen LogP contribution in [0.3, 0.4) is 0 Å². The first kappa shape index (κ1) is 16.0. The first-order chi connectivity index (χ1) is 11.8. The topological polar surface area (TPSA) is 29.1 Å². The van der Waals surface area contributed by atoms with E-state index in [-0.39, 0.29) is 11.8 Å². The standard InChI is InChI=1S/C22H21NO/c24-22(17-19-12-6-2-7-13-19)21(16-18-10-4-1-5-11-18)23-20-14-8-3-9-15-20/h1-15,21,23H,16-17H2/t21-/m0/s1. The highest BCUT2D eigenvalue weighted by molar-refractivity contribution is 5.88. The number of hydrogen-bond donors (Lipinski definition) is 1. The molecular weight excluding hydrogens is 294 g/mol. The molecule has 0 aliphatic carbocycles. The van der Waals surface area contributed by atoms with Crippen LogP contribution in [0.25, 0.3) is 0 Å². The minimum absolute atomic E-state index is 0.203. The molecule has 120 valence electrons. The number of carbonyl (C=O) groups is 1. The summed E-state index contributed by atoms with van der Waals surface area (Å²) in [5, 5.41) is 3.40. The van der Waals surface area contributed by atoms with Gasteiger partial charge < -0.3 is 5.32 Å². The van der Waals surface area contributed by atoms with Crippen LogP contribution in [-0.2, 0) is 17.6 Å². The molecule has 0 fully saturated rings. The third kappa shape index (κ3) is 4.56. The summed E-state index contributed by atoms with van der Waals surface area (Å²) in [4.78, 5) is 12.9. The zero-order valence-electron chi connectivity index (χ0n) is 13.6. The lowest BCUT2D eigenvalue weighted by molar-refractivity contribution is -0.119. The maximum absolute atomic E-state index is 12.9. The molecule has 0 heterocycles. The van der Waals surface area contributed by atoms with Crippen molar-refractivity contribution in [1.82, 2.24) is 0 Å². The molecule has 0 radical (unpaired) electrons.